The van der Waals surface area contributed by atoms with Crippen LogP contribution in [0.5, 0.6) is 0 Å². The SMILES string of the molecule is CN1CCCC(C(=O)Cc2ncc3ccc(-c4cnn(C)c4)cc3n2)CC1. The lowest BCUT2D eigenvalue weighted by molar-refractivity contribution is -0.122. The highest BCUT2D eigenvalue weighted by atomic mass is 16.1. The fourth-order valence-corrected chi connectivity index (χ4v) is 3.76. The van der Waals surface area contributed by atoms with Crippen molar-refractivity contribution in [3.63, 3.8) is 0 Å². The highest BCUT2D eigenvalue weighted by molar-refractivity contribution is 5.85. The third-order valence-electron chi connectivity index (χ3n) is 5.41. The highest BCUT2D eigenvalue weighted by Crippen LogP contribution is 2.23. The quantitative estimate of drug-likeness (QED) is 0.713. The molecule has 3 aromatic rings. The van der Waals surface area contributed by atoms with E-state index in [4.69, 9.17) is 0 Å². The number of benzene rings is 1. The smallest absolute Gasteiger partial charge is 0.143 e. The van der Waals surface area contributed by atoms with Crippen molar-refractivity contribution >= 4 is 16.7 Å². The molecule has 27 heavy (non-hydrogen) atoms. The number of carbonyl (C=O) groups excluding carboxylic acids is 1. The van der Waals surface area contributed by atoms with Crippen LogP contribution < -0.4 is 0 Å². The van der Waals surface area contributed by atoms with E-state index in [0.29, 0.717) is 12.2 Å². The zero-order chi connectivity index (χ0) is 18.8. The molecule has 0 radical (unpaired) electrons. The summed E-state index contributed by atoms with van der Waals surface area (Å²) in [5, 5.41) is 5.21. The Morgan fingerprint density at radius 2 is 2.04 bits per heavy atom. The van der Waals surface area contributed by atoms with E-state index >= 15 is 0 Å². The predicted molar refractivity (Wildman–Crippen MR) is 105 cm³/mol. The fourth-order valence-electron chi connectivity index (χ4n) is 3.76. The Labute approximate surface area is 159 Å². The molecule has 0 amide bonds. The molecule has 0 saturated carbocycles. The molecule has 1 aliphatic heterocycles. The second-order valence-corrected chi connectivity index (χ2v) is 7.54. The highest BCUT2D eigenvalue weighted by Gasteiger charge is 2.22. The van der Waals surface area contributed by atoms with E-state index in [2.05, 4.69) is 33.1 Å². The van der Waals surface area contributed by atoms with E-state index in [0.717, 1.165) is 54.4 Å². The Hall–Kier alpha value is -2.60. The molecular formula is C21H25N5O. The number of hydrogen-bond acceptors (Lipinski definition) is 5. The van der Waals surface area contributed by atoms with Crippen molar-refractivity contribution in [1.29, 1.82) is 0 Å². The summed E-state index contributed by atoms with van der Waals surface area (Å²) < 4.78 is 1.79. The number of aromatic nitrogens is 4. The van der Waals surface area contributed by atoms with Gasteiger partial charge in [-0.15, -0.1) is 0 Å². The van der Waals surface area contributed by atoms with Crippen LogP contribution in [-0.2, 0) is 18.3 Å². The molecule has 2 aromatic heterocycles. The first-order chi connectivity index (χ1) is 13.1. The van der Waals surface area contributed by atoms with Crippen LogP contribution in [-0.4, -0.2) is 50.6 Å². The second-order valence-electron chi connectivity index (χ2n) is 7.54. The van der Waals surface area contributed by atoms with Crippen LogP contribution in [0.1, 0.15) is 25.1 Å². The first kappa shape index (κ1) is 17.8. The van der Waals surface area contributed by atoms with E-state index < -0.39 is 0 Å². The number of ketones is 1. The normalized spacial score (nSPS) is 18.5. The van der Waals surface area contributed by atoms with Crippen molar-refractivity contribution in [1.82, 2.24) is 24.6 Å². The Morgan fingerprint density at radius 3 is 2.85 bits per heavy atom. The maximum Gasteiger partial charge on any atom is 0.143 e. The number of rotatable bonds is 4. The van der Waals surface area contributed by atoms with Crippen LogP contribution in [0.4, 0.5) is 0 Å². The van der Waals surface area contributed by atoms with Crippen molar-refractivity contribution in [2.75, 3.05) is 20.1 Å². The van der Waals surface area contributed by atoms with Crippen LogP contribution >= 0.6 is 0 Å². The summed E-state index contributed by atoms with van der Waals surface area (Å²) in [6, 6.07) is 6.11. The molecule has 1 atom stereocenters. The number of carbonyl (C=O) groups is 1. The molecule has 1 aromatic carbocycles. The molecule has 6 heteroatoms. The minimum Gasteiger partial charge on any atom is -0.306 e. The number of fused-ring (bicyclic) bond motifs is 1. The third kappa shape index (κ3) is 4.06. The largest absolute Gasteiger partial charge is 0.306 e. The molecule has 0 bridgehead atoms. The lowest BCUT2D eigenvalue weighted by atomic mass is 9.93. The maximum absolute atomic E-state index is 12.7. The lowest BCUT2D eigenvalue weighted by Gasteiger charge is -2.13. The van der Waals surface area contributed by atoms with E-state index in [1.807, 2.05) is 37.8 Å². The summed E-state index contributed by atoms with van der Waals surface area (Å²) in [6.45, 7) is 2.07. The van der Waals surface area contributed by atoms with Crippen molar-refractivity contribution in [2.45, 2.75) is 25.7 Å². The average molecular weight is 363 g/mol. The minimum absolute atomic E-state index is 0.135. The molecule has 4 rings (SSSR count). The minimum atomic E-state index is 0.135. The molecule has 1 unspecified atom stereocenters. The summed E-state index contributed by atoms with van der Waals surface area (Å²) in [5.41, 5.74) is 2.99. The molecule has 1 aliphatic rings. The number of hydrogen-bond donors (Lipinski definition) is 0. The Bertz CT molecular complexity index is 964. The average Bonchev–Trinajstić information content (AvgIpc) is 2.98. The number of Topliss-reactive ketones (excluding diaryl/α,β-unsaturated/α-hetero) is 1. The molecule has 0 aliphatic carbocycles. The van der Waals surface area contributed by atoms with Gasteiger partial charge < -0.3 is 4.90 Å². The summed E-state index contributed by atoms with van der Waals surface area (Å²) in [7, 11) is 4.03. The zero-order valence-electron chi connectivity index (χ0n) is 15.9. The summed E-state index contributed by atoms with van der Waals surface area (Å²) in [4.78, 5) is 24.1. The van der Waals surface area contributed by atoms with Crippen LogP contribution in [0.25, 0.3) is 22.0 Å². The Kier molecular flexibility index (Phi) is 4.99. The zero-order valence-corrected chi connectivity index (χ0v) is 15.9. The number of nitrogens with zero attached hydrogens (tertiary/aromatic N) is 5. The maximum atomic E-state index is 12.7. The van der Waals surface area contributed by atoms with E-state index in [1.165, 1.54) is 0 Å². The van der Waals surface area contributed by atoms with Crippen molar-refractivity contribution in [3.8, 4) is 11.1 Å². The Balaban J connectivity index is 1.54. The monoisotopic (exact) mass is 363 g/mol. The van der Waals surface area contributed by atoms with Gasteiger partial charge in [0.15, 0.2) is 0 Å². The van der Waals surface area contributed by atoms with Gasteiger partial charge in [0.05, 0.1) is 18.1 Å². The van der Waals surface area contributed by atoms with Gasteiger partial charge in [-0.3, -0.25) is 9.48 Å². The van der Waals surface area contributed by atoms with Gasteiger partial charge in [0.25, 0.3) is 0 Å². The second kappa shape index (κ2) is 7.56. The van der Waals surface area contributed by atoms with Crippen molar-refractivity contribution in [3.05, 3.63) is 42.6 Å². The molecule has 1 fully saturated rings. The van der Waals surface area contributed by atoms with Gasteiger partial charge in [0, 0.05) is 36.3 Å². The topological polar surface area (TPSA) is 63.9 Å². The van der Waals surface area contributed by atoms with Gasteiger partial charge in [-0.25, -0.2) is 9.97 Å². The standard InChI is InChI=1S/C21H25N5O/c1-25-8-3-4-15(7-9-25)20(27)11-21-22-12-17-6-5-16(10-19(17)24-21)18-13-23-26(2)14-18/h5-6,10,12-15H,3-4,7-9,11H2,1-2H3. The van der Waals surface area contributed by atoms with Gasteiger partial charge in [-0.2, -0.15) is 5.10 Å². The van der Waals surface area contributed by atoms with Gasteiger partial charge in [-0.05, 0) is 51.0 Å². The molecule has 3 heterocycles. The molecule has 1 saturated heterocycles. The van der Waals surface area contributed by atoms with Gasteiger partial charge >= 0.3 is 0 Å². The van der Waals surface area contributed by atoms with Crippen molar-refractivity contribution in [2.24, 2.45) is 13.0 Å². The first-order valence-electron chi connectivity index (χ1n) is 9.54. The summed E-state index contributed by atoms with van der Waals surface area (Å²) >= 11 is 0. The van der Waals surface area contributed by atoms with Crippen LogP contribution in [0.2, 0.25) is 0 Å². The summed E-state index contributed by atoms with van der Waals surface area (Å²) in [6.07, 6.45) is 8.96. The van der Waals surface area contributed by atoms with Gasteiger partial charge in [-0.1, -0.05) is 12.1 Å². The molecule has 140 valence electrons. The number of likely N-dealkylation sites (tertiary alicyclic amines) is 1. The van der Waals surface area contributed by atoms with E-state index in [9.17, 15) is 4.79 Å². The third-order valence-corrected chi connectivity index (χ3v) is 5.41. The van der Waals surface area contributed by atoms with E-state index in [1.54, 1.807) is 4.68 Å². The van der Waals surface area contributed by atoms with Crippen LogP contribution in [0.15, 0.2) is 36.8 Å². The van der Waals surface area contributed by atoms with Gasteiger partial charge in [0.2, 0.25) is 0 Å². The van der Waals surface area contributed by atoms with Crippen LogP contribution in [0, 0.1) is 5.92 Å². The molecule has 6 nitrogen and oxygen atoms in total. The molecule has 0 N–H and O–H groups in total. The molecule has 0 spiro atoms. The molecular weight excluding hydrogens is 338 g/mol. The first-order valence-corrected chi connectivity index (χ1v) is 9.54. The summed E-state index contributed by atoms with van der Waals surface area (Å²) in [5.74, 6) is 1.03. The fraction of sp³-hybridized carbons (Fsp3) is 0.429. The predicted octanol–water partition coefficient (Wildman–Crippen LogP) is 2.87. The van der Waals surface area contributed by atoms with E-state index in [-0.39, 0.29) is 11.7 Å². The van der Waals surface area contributed by atoms with Crippen LogP contribution in [0.3, 0.4) is 0 Å². The Morgan fingerprint density at radius 1 is 1.15 bits per heavy atom. The van der Waals surface area contributed by atoms with Gasteiger partial charge in [0.1, 0.15) is 11.6 Å². The lowest BCUT2D eigenvalue weighted by Crippen LogP contribution is -2.21. The number of aryl methyl sites for hydroxylation is 1. The van der Waals surface area contributed by atoms with Crippen molar-refractivity contribution < 1.29 is 4.79 Å².